The Morgan fingerprint density at radius 1 is 1.41 bits per heavy atom. The molecule has 0 amide bonds. The molecule has 6 heteroatoms. The van der Waals surface area contributed by atoms with E-state index in [2.05, 4.69) is 0 Å². The summed E-state index contributed by atoms with van der Waals surface area (Å²) in [4.78, 5) is 11.3. The Bertz CT molecular complexity index is 418. The van der Waals surface area contributed by atoms with Crippen LogP contribution in [0.5, 0.6) is 0 Å². The Kier molecular flexibility index (Phi) is 4.89. The molecule has 0 aliphatic heterocycles. The molecule has 0 heterocycles. The molecule has 0 saturated heterocycles. The second-order valence-corrected chi connectivity index (χ2v) is 4.43. The number of halogens is 4. The van der Waals surface area contributed by atoms with Crippen molar-refractivity contribution in [3.63, 3.8) is 0 Å². The third kappa shape index (κ3) is 3.64. The van der Waals surface area contributed by atoms with Gasteiger partial charge in [0.25, 0.3) is 0 Å². The van der Waals surface area contributed by atoms with Gasteiger partial charge in [0.2, 0.25) is 0 Å². The maximum atomic E-state index is 12.7. The van der Waals surface area contributed by atoms with Crippen molar-refractivity contribution >= 4 is 29.1 Å². The van der Waals surface area contributed by atoms with Gasteiger partial charge in [-0.2, -0.15) is 13.2 Å². The molecule has 0 spiro atoms. The topological polar surface area (TPSA) is 17.1 Å². The number of rotatable bonds is 4. The van der Waals surface area contributed by atoms with Crippen molar-refractivity contribution in [1.29, 1.82) is 0 Å². The van der Waals surface area contributed by atoms with Crippen LogP contribution in [0.3, 0.4) is 0 Å². The van der Waals surface area contributed by atoms with Crippen LogP contribution in [-0.2, 0) is 17.4 Å². The van der Waals surface area contributed by atoms with E-state index in [-0.39, 0.29) is 23.0 Å². The normalized spacial score (nSPS) is 11.6. The zero-order chi connectivity index (χ0) is 13.1. The minimum absolute atomic E-state index is 0.0659. The van der Waals surface area contributed by atoms with E-state index in [0.29, 0.717) is 5.56 Å². The molecule has 0 aliphatic carbocycles. The van der Waals surface area contributed by atoms with E-state index >= 15 is 0 Å². The minimum atomic E-state index is -4.40. The summed E-state index contributed by atoms with van der Waals surface area (Å²) in [5.41, 5.74) is -0.331. The van der Waals surface area contributed by atoms with Crippen molar-refractivity contribution in [3.05, 3.63) is 29.3 Å². The average Bonchev–Trinajstić information content (AvgIpc) is 2.27. The Morgan fingerprint density at radius 3 is 2.53 bits per heavy atom. The lowest BCUT2D eigenvalue weighted by Crippen LogP contribution is -2.11. The first-order chi connectivity index (χ1) is 7.90. The summed E-state index contributed by atoms with van der Waals surface area (Å²) in [6.07, 6.45) is -2.92. The van der Waals surface area contributed by atoms with Crippen LogP contribution in [0.1, 0.15) is 11.1 Å². The average molecular weight is 283 g/mol. The van der Waals surface area contributed by atoms with Gasteiger partial charge in [0.15, 0.2) is 5.78 Å². The molecule has 17 heavy (non-hydrogen) atoms. The molecule has 94 valence electrons. The largest absolute Gasteiger partial charge is 0.417 e. The third-order valence-electron chi connectivity index (χ3n) is 2.14. The van der Waals surface area contributed by atoms with Crippen molar-refractivity contribution in [2.45, 2.75) is 17.5 Å². The molecular formula is C11H10ClF3OS. The van der Waals surface area contributed by atoms with E-state index in [0.717, 1.165) is 17.8 Å². The molecule has 0 atom stereocenters. The van der Waals surface area contributed by atoms with Crippen molar-refractivity contribution < 1.29 is 18.0 Å². The number of hydrogen-bond donors (Lipinski definition) is 0. The number of benzene rings is 1. The molecule has 0 radical (unpaired) electrons. The number of thioether (sulfide) groups is 1. The fraction of sp³-hybridized carbons (Fsp3) is 0.364. The summed E-state index contributed by atoms with van der Waals surface area (Å²) < 4.78 is 38.1. The van der Waals surface area contributed by atoms with Crippen molar-refractivity contribution in [1.82, 2.24) is 0 Å². The molecule has 0 unspecified atom stereocenters. The molecule has 1 rings (SSSR count). The number of ketones is 1. The van der Waals surface area contributed by atoms with Gasteiger partial charge in [-0.1, -0.05) is 12.1 Å². The zero-order valence-electron chi connectivity index (χ0n) is 8.97. The maximum absolute atomic E-state index is 12.7. The molecular weight excluding hydrogens is 273 g/mol. The molecule has 1 aromatic carbocycles. The summed E-state index contributed by atoms with van der Waals surface area (Å²) in [5.74, 6) is -0.481. The van der Waals surface area contributed by atoms with Crippen molar-refractivity contribution in [2.24, 2.45) is 0 Å². The van der Waals surface area contributed by atoms with E-state index in [1.54, 1.807) is 6.26 Å². The monoisotopic (exact) mass is 282 g/mol. The highest BCUT2D eigenvalue weighted by atomic mass is 35.5. The summed E-state index contributed by atoms with van der Waals surface area (Å²) in [7, 11) is 0. The van der Waals surface area contributed by atoms with Gasteiger partial charge in [0.1, 0.15) is 0 Å². The lowest BCUT2D eigenvalue weighted by atomic mass is 10.1. The van der Waals surface area contributed by atoms with Gasteiger partial charge in [0, 0.05) is 11.3 Å². The highest BCUT2D eigenvalue weighted by Gasteiger charge is 2.34. The van der Waals surface area contributed by atoms with Crippen molar-refractivity contribution in [2.75, 3.05) is 12.1 Å². The van der Waals surface area contributed by atoms with Gasteiger partial charge in [-0.3, -0.25) is 4.79 Å². The van der Waals surface area contributed by atoms with E-state index in [9.17, 15) is 18.0 Å². The number of alkyl halides is 4. The third-order valence-corrected chi connectivity index (χ3v) is 3.33. The summed E-state index contributed by atoms with van der Waals surface area (Å²) >= 11 is 6.33. The zero-order valence-corrected chi connectivity index (χ0v) is 10.5. The molecule has 0 aromatic heterocycles. The molecule has 0 N–H and O–H groups in total. The fourth-order valence-electron chi connectivity index (χ4n) is 1.45. The van der Waals surface area contributed by atoms with E-state index in [1.807, 2.05) is 0 Å². The molecule has 0 saturated carbocycles. The van der Waals surface area contributed by atoms with Gasteiger partial charge in [-0.05, 0) is 17.9 Å². The second-order valence-electron chi connectivity index (χ2n) is 3.34. The van der Waals surface area contributed by atoms with Gasteiger partial charge >= 0.3 is 6.18 Å². The quantitative estimate of drug-likeness (QED) is 0.617. The highest BCUT2D eigenvalue weighted by molar-refractivity contribution is 7.98. The number of hydrogen-bond acceptors (Lipinski definition) is 2. The number of carbonyl (C=O) groups excluding carboxylic acids is 1. The summed E-state index contributed by atoms with van der Waals surface area (Å²) in [6.45, 7) is 0. The number of carbonyl (C=O) groups is 1. The summed E-state index contributed by atoms with van der Waals surface area (Å²) in [6, 6.07) is 3.84. The van der Waals surface area contributed by atoms with Gasteiger partial charge in [0.05, 0.1) is 11.4 Å². The predicted molar refractivity (Wildman–Crippen MR) is 62.7 cm³/mol. The maximum Gasteiger partial charge on any atom is 0.417 e. The SMILES string of the molecule is CSc1c(CC(=O)CCl)cccc1C(F)(F)F. The predicted octanol–water partition coefficient (Wildman–Crippen LogP) is 3.78. The second kappa shape index (κ2) is 5.78. The Hall–Kier alpha value is -0.680. The lowest BCUT2D eigenvalue weighted by molar-refractivity contribution is -0.139. The van der Waals surface area contributed by atoms with Gasteiger partial charge < -0.3 is 0 Å². The van der Waals surface area contributed by atoms with E-state index in [1.165, 1.54) is 12.1 Å². The number of Topliss-reactive ketones (excluding diaryl/α,β-unsaturated/α-hetero) is 1. The fourth-order valence-corrected chi connectivity index (χ4v) is 2.35. The first-order valence-electron chi connectivity index (χ1n) is 4.71. The molecule has 0 aliphatic rings. The lowest BCUT2D eigenvalue weighted by Gasteiger charge is -2.14. The molecule has 0 bridgehead atoms. The standard InChI is InChI=1S/C11H10ClF3OS/c1-17-10-7(5-8(16)6-12)3-2-4-9(10)11(13,14)15/h2-4H,5-6H2,1H3. The van der Waals surface area contributed by atoms with E-state index < -0.39 is 11.7 Å². The first-order valence-corrected chi connectivity index (χ1v) is 6.46. The van der Waals surface area contributed by atoms with Crippen LogP contribution in [0.4, 0.5) is 13.2 Å². The van der Waals surface area contributed by atoms with E-state index in [4.69, 9.17) is 11.6 Å². The minimum Gasteiger partial charge on any atom is -0.298 e. The Balaban J connectivity index is 3.19. The van der Waals surface area contributed by atoms with Gasteiger partial charge in [-0.15, -0.1) is 23.4 Å². The van der Waals surface area contributed by atoms with Crippen LogP contribution in [-0.4, -0.2) is 17.9 Å². The molecule has 1 aromatic rings. The Labute approximate surface area is 106 Å². The van der Waals surface area contributed by atoms with Crippen LogP contribution in [0, 0.1) is 0 Å². The van der Waals surface area contributed by atoms with Gasteiger partial charge in [-0.25, -0.2) is 0 Å². The molecule has 0 fully saturated rings. The van der Waals surface area contributed by atoms with Crippen LogP contribution < -0.4 is 0 Å². The molecule has 1 nitrogen and oxygen atoms in total. The van der Waals surface area contributed by atoms with Crippen LogP contribution in [0.15, 0.2) is 23.1 Å². The van der Waals surface area contributed by atoms with Crippen LogP contribution in [0.25, 0.3) is 0 Å². The smallest absolute Gasteiger partial charge is 0.298 e. The Morgan fingerprint density at radius 2 is 2.06 bits per heavy atom. The van der Waals surface area contributed by atoms with Crippen LogP contribution >= 0.6 is 23.4 Å². The van der Waals surface area contributed by atoms with Crippen LogP contribution in [0.2, 0.25) is 0 Å². The highest BCUT2D eigenvalue weighted by Crippen LogP contribution is 2.37. The first kappa shape index (κ1) is 14.4. The van der Waals surface area contributed by atoms with Crippen molar-refractivity contribution in [3.8, 4) is 0 Å². The summed E-state index contributed by atoms with van der Waals surface area (Å²) in [5, 5.41) is 0.